The van der Waals surface area contributed by atoms with Gasteiger partial charge in [0.15, 0.2) is 0 Å². The number of esters is 1. The summed E-state index contributed by atoms with van der Waals surface area (Å²) in [6, 6.07) is 7.22. The third-order valence-corrected chi connectivity index (χ3v) is 3.13. The number of nitrogens with two attached hydrogens (primary N) is 1. The van der Waals surface area contributed by atoms with Crippen molar-refractivity contribution in [3.8, 4) is 5.75 Å². The van der Waals surface area contributed by atoms with E-state index < -0.39 is 5.60 Å². The number of benzene rings is 1. The van der Waals surface area contributed by atoms with E-state index in [4.69, 9.17) is 34.2 Å². The van der Waals surface area contributed by atoms with Crippen molar-refractivity contribution >= 4 is 11.7 Å². The largest absolute Gasteiger partial charge is 0.491 e. The lowest BCUT2D eigenvalue weighted by Gasteiger charge is -2.19. The maximum Gasteiger partial charge on any atom is 0.332 e. The number of nitrogen functional groups attached to an aromatic ring is 1. The monoisotopic (exact) mass is 399 g/mol. The Kier molecular flexibility index (Phi) is 12.2. The van der Waals surface area contributed by atoms with E-state index in [2.05, 4.69) is 0 Å². The Hall–Kier alpha value is -1.87. The number of carbonyl (C=O) groups is 1. The Morgan fingerprint density at radius 2 is 1.25 bits per heavy atom. The molecule has 0 amide bonds. The van der Waals surface area contributed by atoms with Crippen LogP contribution in [-0.4, -0.2) is 71.0 Å². The smallest absolute Gasteiger partial charge is 0.332 e. The lowest BCUT2D eigenvalue weighted by atomic mass is 10.2. The highest BCUT2D eigenvalue weighted by molar-refractivity contribution is 5.71. The molecule has 0 unspecified atom stereocenters. The SMILES string of the molecule is CC(C)(C)OC(=O)COCCOCCOCCOCCOc1ccc(N)cc1. The van der Waals surface area contributed by atoms with Crippen molar-refractivity contribution in [1.29, 1.82) is 0 Å². The molecule has 0 bridgehead atoms. The average Bonchev–Trinajstić information content (AvgIpc) is 2.62. The molecule has 28 heavy (non-hydrogen) atoms. The Balaban J connectivity index is 1.79. The zero-order valence-electron chi connectivity index (χ0n) is 17.1. The quantitative estimate of drug-likeness (QED) is 0.272. The second-order valence-corrected chi connectivity index (χ2v) is 6.89. The predicted octanol–water partition coefficient (Wildman–Crippen LogP) is 2.06. The van der Waals surface area contributed by atoms with Crippen LogP contribution in [0.5, 0.6) is 5.75 Å². The van der Waals surface area contributed by atoms with Crippen LogP contribution in [0.2, 0.25) is 0 Å². The van der Waals surface area contributed by atoms with Crippen LogP contribution in [0.1, 0.15) is 20.8 Å². The van der Waals surface area contributed by atoms with Gasteiger partial charge in [0.25, 0.3) is 0 Å². The summed E-state index contributed by atoms with van der Waals surface area (Å²) >= 11 is 0. The lowest BCUT2D eigenvalue weighted by molar-refractivity contribution is -0.160. The molecule has 0 aliphatic heterocycles. The van der Waals surface area contributed by atoms with Crippen LogP contribution in [0.3, 0.4) is 0 Å². The fourth-order valence-electron chi connectivity index (χ4n) is 1.97. The van der Waals surface area contributed by atoms with E-state index in [9.17, 15) is 4.79 Å². The van der Waals surface area contributed by atoms with Gasteiger partial charge >= 0.3 is 5.97 Å². The first-order valence-electron chi connectivity index (χ1n) is 9.38. The highest BCUT2D eigenvalue weighted by atomic mass is 16.6. The van der Waals surface area contributed by atoms with Crippen LogP contribution in [-0.2, 0) is 28.5 Å². The van der Waals surface area contributed by atoms with Crippen molar-refractivity contribution in [2.24, 2.45) is 0 Å². The molecular weight excluding hydrogens is 366 g/mol. The molecular formula is C20H33NO7. The normalized spacial score (nSPS) is 11.4. The predicted molar refractivity (Wildman–Crippen MR) is 105 cm³/mol. The highest BCUT2D eigenvalue weighted by Crippen LogP contribution is 2.12. The van der Waals surface area contributed by atoms with Gasteiger partial charge in [-0.05, 0) is 45.0 Å². The molecule has 0 aliphatic rings. The fraction of sp³-hybridized carbons (Fsp3) is 0.650. The second-order valence-electron chi connectivity index (χ2n) is 6.89. The van der Waals surface area contributed by atoms with E-state index in [1.54, 1.807) is 12.1 Å². The molecule has 0 aliphatic carbocycles. The number of anilines is 1. The number of ether oxygens (including phenoxy) is 6. The zero-order chi connectivity index (χ0) is 20.7. The van der Waals surface area contributed by atoms with Crippen LogP contribution in [0.15, 0.2) is 24.3 Å². The Labute approximate surface area is 167 Å². The van der Waals surface area contributed by atoms with Crippen molar-refractivity contribution < 1.29 is 33.2 Å². The standard InChI is InChI=1S/C20H33NO7/c1-20(2,3)28-19(22)16-26-13-12-24-9-8-23-10-11-25-14-15-27-18-6-4-17(21)5-7-18/h4-7H,8-16,21H2,1-3H3. The molecule has 1 aromatic carbocycles. The minimum Gasteiger partial charge on any atom is -0.491 e. The van der Waals surface area contributed by atoms with Crippen LogP contribution in [0.25, 0.3) is 0 Å². The molecule has 0 saturated carbocycles. The van der Waals surface area contributed by atoms with Crippen LogP contribution in [0, 0.1) is 0 Å². The van der Waals surface area contributed by atoms with E-state index in [1.165, 1.54) is 0 Å². The Morgan fingerprint density at radius 3 is 1.75 bits per heavy atom. The topological polar surface area (TPSA) is 98.5 Å². The summed E-state index contributed by atoms with van der Waals surface area (Å²) in [5.74, 6) is 0.385. The molecule has 2 N–H and O–H groups in total. The first kappa shape index (κ1) is 24.2. The number of carbonyl (C=O) groups excluding carboxylic acids is 1. The molecule has 160 valence electrons. The second kappa shape index (κ2) is 14.2. The van der Waals surface area contributed by atoms with E-state index in [-0.39, 0.29) is 12.6 Å². The van der Waals surface area contributed by atoms with Gasteiger partial charge in [0.2, 0.25) is 0 Å². The van der Waals surface area contributed by atoms with Crippen molar-refractivity contribution in [1.82, 2.24) is 0 Å². The molecule has 8 nitrogen and oxygen atoms in total. The fourth-order valence-corrected chi connectivity index (χ4v) is 1.97. The molecule has 0 spiro atoms. The van der Waals surface area contributed by atoms with Crippen molar-refractivity contribution in [3.05, 3.63) is 24.3 Å². The van der Waals surface area contributed by atoms with Crippen LogP contribution < -0.4 is 10.5 Å². The van der Waals surface area contributed by atoms with Gasteiger partial charge < -0.3 is 34.2 Å². The summed E-state index contributed by atoms with van der Waals surface area (Å²) in [7, 11) is 0. The van der Waals surface area contributed by atoms with Crippen molar-refractivity contribution in [2.45, 2.75) is 26.4 Å². The molecule has 0 aromatic heterocycles. The minimum atomic E-state index is -0.498. The Morgan fingerprint density at radius 1 is 0.786 bits per heavy atom. The molecule has 1 aromatic rings. The zero-order valence-corrected chi connectivity index (χ0v) is 17.1. The maximum atomic E-state index is 11.4. The van der Waals surface area contributed by atoms with Crippen molar-refractivity contribution in [3.63, 3.8) is 0 Å². The van der Waals surface area contributed by atoms with E-state index in [0.29, 0.717) is 58.5 Å². The first-order valence-corrected chi connectivity index (χ1v) is 9.38. The number of hydrogen-bond donors (Lipinski definition) is 1. The summed E-state index contributed by atoms with van der Waals surface area (Å²) in [6.07, 6.45) is 0. The van der Waals surface area contributed by atoms with Gasteiger partial charge in [0.1, 0.15) is 24.6 Å². The van der Waals surface area contributed by atoms with E-state index in [0.717, 1.165) is 5.75 Å². The van der Waals surface area contributed by atoms with Gasteiger partial charge in [-0.1, -0.05) is 0 Å². The summed E-state index contributed by atoms with van der Waals surface area (Å²) in [4.78, 5) is 11.4. The molecule has 1 rings (SSSR count). The summed E-state index contributed by atoms with van der Waals surface area (Å²) in [5.41, 5.74) is 5.81. The van der Waals surface area contributed by atoms with Gasteiger partial charge in [-0.15, -0.1) is 0 Å². The molecule has 0 fully saturated rings. The maximum absolute atomic E-state index is 11.4. The minimum absolute atomic E-state index is 0.0729. The van der Waals surface area contributed by atoms with E-state index in [1.807, 2.05) is 32.9 Å². The molecule has 0 atom stereocenters. The third-order valence-electron chi connectivity index (χ3n) is 3.13. The number of hydrogen-bond acceptors (Lipinski definition) is 8. The van der Waals surface area contributed by atoms with Crippen LogP contribution >= 0.6 is 0 Å². The highest BCUT2D eigenvalue weighted by Gasteiger charge is 2.15. The van der Waals surface area contributed by atoms with Crippen LogP contribution in [0.4, 0.5) is 5.69 Å². The Bertz CT molecular complexity index is 528. The molecule has 8 heteroatoms. The molecule has 0 heterocycles. The lowest BCUT2D eigenvalue weighted by Crippen LogP contribution is -2.27. The first-order chi connectivity index (χ1) is 13.4. The van der Waals surface area contributed by atoms with Crippen molar-refractivity contribution in [2.75, 3.05) is 65.2 Å². The summed E-state index contributed by atoms with van der Waals surface area (Å²) < 4.78 is 32.0. The van der Waals surface area contributed by atoms with Gasteiger partial charge in [-0.2, -0.15) is 0 Å². The molecule has 0 saturated heterocycles. The van der Waals surface area contributed by atoms with Gasteiger partial charge in [0, 0.05) is 5.69 Å². The van der Waals surface area contributed by atoms with Gasteiger partial charge in [-0.3, -0.25) is 0 Å². The number of rotatable bonds is 15. The summed E-state index contributed by atoms with van der Waals surface area (Å²) in [6.45, 7) is 8.95. The third kappa shape index (κ3) is 14.2. The molecule has 0 radical (unpaired) electrons. The van der Waals surface area contributed by atoms with Gasteiger partial charge in [-0.25, -0.2) is 4.79 Å². The van der Waals surface area contributed by atoms with Gasteiger partial charge in [0.05, 0.1) is 46.2 Å². The van der Waals surface area contributed by atoms with E-state index >= 15 is 0 Å². The summed E-state index contributed by atoms with van der Waals surface area (Å²) in [5, 5.41) is 0. The average molecular weight is 399 g/mol.